The van der Waals surface area contributed by atoms with Crippen LogP contribution in [-0.4, -0.2) is 40.4 Å². The standard InChI is InChI=1S/C16H26N6S/c1-4-17-16(18-8-5-11-22-12-6-9-20-22)19-10-7-15-21-13(2)14(3)23-15/h6,9,12H,4-5,7-8,10-11H2,1-3H3,(H2,17,18,19). The highest BCUT2D eigenvalue weighted by Crippen LogP contribution is 2.16. The summed E-state index contributed by atoms with van der Waals surface area (Å²) in [5.74, 6) is 0.873. The van der Waals surface area contributed by atoms with Crippen LogP contribution in [0.5, 0.6) is 0 Å². The lowest BCUT2D eigenvalue weighted by Crippen LogP contribution is -2.38. The molecule has 0 spiro atoms. The van der Waals surface area contributed by atoms with Gasteiger partial charge in [-0.25, -0.2) is 4.98 Å². The van der Waals surface area contributed by atoms with E-state index in [0.29, 0.717) is 0 Å². The Balaban J connectivity index is 1.72. The van der Waals surface area contributed by atoms with Crippen molar-refractivity contribution in [1.29, 1.82) is 0 Å². The number of nitrogens with one attached hydrogen (secondary N) is 2. The van der Waals surface area contributed by atoms with Crippen molar-refractivity contribution in [3.63, 3.8) is 0 Å². The number of aliphatic imine (C=N–C) groups is 1. The van der Waals surface area contributed by atoms with Gasteiger partial charge >= 0.3 is 0 Å². The van der Waals surface area contributed by atoms with Gasteiger partial charge in [0.25, 0.3) is 0 Å². The van der Waals surface area contributed by atoms with E-state index >= 15 is 0 Å². The van der Waals surface area contributed by atoms with Gasteiger partial charge in [-0.1, -0.05) is 0 Å². The largest absolute Gasteiger partial charge is 0.357 e. The number of rotatable bonds is 8. The first-order chi connectivity index (χ1) is 11.2. The average molecular weight is 334 g/mol. The van der Waals surface area contributed by atoms with E-state index in [2.05, 4.69) is 46.5 Å². The van der Waals surface area contributed by atoms with Crippen LogP contribution >= 0.6 is 11.3 Å². The second-order valence-electron chi connectivity index (χ2n) is 5.31. The number of nitrogens with zero attached hydrogens (tertiary/aromatic N) is 4. The molecule has 2 heterocycles. The summed E-state index contributed by atoms with van der Waals surface area (Å²) < 4.78 is 1.93. The van der Waals surface area contributed by atoms with E-state index < -0.39 is 0 Å². The number of aryl methyl sites for hydroxylation is 3. The van der Waals surface area contributed by atoms with Crippen LogP contribution < -0.4 is 10.6 Å². The molecule has 0 fully saturated rings. The van der Waals surface area contributed by atoms with Crippen LogP contribution in [0.4, 0.5) is 0 Å². The smallest absolute Gasteiger partial charge is 0.191 e. The van der Waals surface area contributed by atoms with Gasteiger partial charge in [0.2, 0.25) is 0 Å². The van der Waals surface area contributed by atoms with Crippen molar-refractivity contribution in [3.8, 4) is 0 Å². The van der Waals surface area contributed by atoms with Gasteiger partial charge in [0.15, 0.2) is 5.96 Å². The first kappa shape index (κ1) is 17.5. The molecule has 0 saturated carbocycles. The Bertz CT molecular complexity index is 583. The number of aromatic nitrogens is 3. The number of hydrogen-bond donors (Lipinski definition) is 2. The number of guanidine groups is 1. The summed E-state index contributed by atoms with van der Waals surface area (Å²) in [5, 5.41) is 12.0. The molecule has 2 N–H and O–H groups in total. The van der Waals surface area contributed by atoms with Crippen molar-refractivity contribution < 1.29 is 0 Å². The van der Waals surface area contributed by atoms with Gasteiger partial charge in [-0.15, -0.1) is 11.3 Å². The molecule has 2 aromatic rings. The SMILES string of the molecule is CCNC(=NCCCn1cccn1)NCCc1nc(C)c(C)s1. The molecular formula is C16H26N6S. The van der Waals surface area contributed by atoms with E-state index in [9.17, 15) is 0 Å². The lowest BCUT2D eigenvalue weighted by atomic mass is 10.4. The molecule has 126 valence electrons. The summed E-state index contributed by atoms with van der Waals surface area (Å²) in [4.78, 5) is 10.5. The summed E-state index contributed by atoms with van der Waals surface area (Å²) >= 11 is 1.78. The minimum atomic E-state index is 0.782. The topological polar surface area (TPSA) is 67.1 Å². The summed E-state index contributed by atoms with van der Waals surface area (Å²) in [5.41, 5.74) is 1.14. The number of hydrogen-bond acceptors (Lipinski definition) is 4. The number of thiazole rings is 1. The van der Waals surface area contributed by atoms with E-state index in [1.54, 1.807) is 17.5 Å². The minimum Gasteiger partial charge on any atom is -0.357 e. The second kappa shape index (κ2) is 9.29. The zero-order valence-electron chi connectivity index (χ0n) is 14.2. The van der Waals surface area contributed by atoms with Gasteiger partial charge in [-0.3, -0.25) is 9.67 Å². The predicted molar refractivity (Wildman–Crippen MR) is 96.1 cm³/mol. The predicted octanol–water partition coefficient (Wildman–Crippen LogP) is 2.14. The molecule has 0 aliphatic heterocycles. The maximum atomic E-state index is 4.60. The van der Waals surface area contributed by atoms with Crippen LogP contribution in [0, 0.1) is 13.8 Å². The third kappa shape index (κ3) is 6.02. The molecule has 0 unspecified atom stereocenters. The van der Waals surface area contributed by atoms with Gasteiger partial charge in [0.05, 0.1) is 10.7 Å². The van der Waals surface area contributed by atoms with E-state index in [1.807, 2.05) is 16.9 Å². The molecule has 0 radical (unpaired) electrons. The fourth-order valence-corrected chi connectivity index (χ4v) is 3.07. The van der Waals surface area contributed by atoms with Gasteiger partial charge in [-0.2, -0.15) is 5.10 Å². The Hall–Kier alpha value is -1.89. The molecule has 23 heavy (non-hydrogen) atoms. The fourth-order valence-electron chi connectivity index (χ4n) is 2.13. The lowest BCUT2D eigenvalue weighted by molar-refractivity contribution is 0.584. The maximum absolute atomic E-state index is 4.60. The molecule has 0 aliphatic rings. The fraction of sp³-hybridized carbons (Fsp3) is 0.562. The molecule has 2 rings (SSSR count). The average Bonchev–Trinajstić information content (AvgIpc) is 3.14. The van der Waals surface area contributed by atoms with Crippen molar-refractivity contribution in [2.24, 2.45) is 4.99 Å². The Morgan fingerprint density at radius 1 is 1.35 bits per heavy atom. The van der Waals surface area contributed by atoms with Crippen LogP contribution in [-0.2, 0) is 13.0 Å². The monoisotopic (exact) mass is 334 g/mol. The molecule has 0 amide bonds. The van der Waals surface area contributed by atoms with Crippen LogP contribution in [0.2, 0.25) is 0 Å². The quantitative estimate of drug-likeness (QED) is 0.441. The summed E-state index contributed by atoms with van der Waals surface area (Å²) in [7, 11) is 0. The van der Waals surface area contributed by atoms with E-state index in [-0.39, 0.29) is 0 Å². The van der Waals surface area contributed by atoms with Crippen molar-refractivity contribution in [1.82, 2.24) is 25.4 Å². The van der Waals surface area contributed by atoms with E-state index in [4.69, 9.17) is 0 Å². The third-order valence-corrected chi connectivity index (χ3v) is 4.56. The zero-order chi connectivity index (χ0) is 16.5. The first-order valence-electron chi connectivity index (χ1n) is 8.11. The second-order valence-corrected chi connectivity index (χ2v) is 6.60. The van der Waals surface area contributed by atoms with Crippen molar-refractivity contribution in [2.45, 2.75) is 40.2 Å². The van der Waals surface area contributed by atoms with E-state index in [1.165, 1.54) is 9.88 Å². The highest BCUT2D eigenvalue weighted by Gasteiger charge is 2.04. The minimum absolute atomic E-state index is 0.782. The lowest BCUT2D eigenvalue weighted by Gasteiger charge is -2.10. The van der Waals surface area contributed by atoms with E-state index in [0.717, 1.165) is 50.7 Å². The highest BCUT2D eigenvalue weighted by molar-refractivity contribution is 7.11. The van der Waals surface area contributed by atoms with Crippen LogP contribution in [0.25, 0.3) is 0 Å². The van der Waals surface area contributed by atoms with Gasteiger partial charge in [0, 0.05) is 49.9 Å². The van der Waals surface area contributed by atoms with Crippen molar-refractivity contribution >= 4 is 17.3 Å². The summed E-state index contributed by atoms with van der Waals surface area (Å²) in [6.07, 6.45) is 5.68. The molecule has 0 bridgehead atoms. The first-order valence-corrected chi connectivity index (χ1v) is 8.93. The third-order valence-electron chi connectivity index (χ3n) is 3.42. The zero-order valence-corrected chi connectivity index (χ0v) is 15.0. The van der Waals surface area contributed by atoms with Gasteiger partial charge in [-0.05, 0) is 33.3 Å². The Morgan fingerprint density at radius 3 is 2.87 bits per heavy atom. The summed E-state index contributed by atoms with van der Waals surface area (Å²) in [6, 6.07) is 1.94. The maximum Gasteiger partial charge on any atom is 0.191 e. The Morgan fingerprint density at radius 2 is 2.22 bits per heavy atom. The molecule has 6 nitrogen and oxygen atoms in total. The molecule has 0 saturated heterocycles. The van der Waals surface area contributed by atoms with Crippen LogP contribution in [0.1, 0.15) is 28.9 Å². The molecule has 7 heteroatoms. The van der Waals surface area contributed by atoms with Crippen LogP contribution in [0.3, 0.4) is 0 Å². The van der Waals surface area contributed by atoms with Crippen molar-refractivity contribution in [2.75, 3.05) is 19.6 Å². The van der Waals surface area contributed by atoms with Crippen LogP contribution in [0.15, 0.2) is 23.5 Å². The molecular weight excluding hydrogens is 308 g/mol. The van der Waals surface area contributed by atoms with Gasteiger partial charge in [0.1, 0.15) is 0 Å². The Labute approximate surface area is 142 Å². The van der Waals surface area contributed by atoms with Gasteiger partial charge < -0.3 is 10.6 Å². The molecule has 0 aromatic carbocycles. The normalized spacial score (nSPS) is 11.7. The summed E-state index contributed by atoms with van der Waals surface area (Å²) in [6.45, 7) is 9.65. The van der Waals surface area contributed by atoms with Crippen molar-refractivity contribution in [3.05, 3.63) is 34.0 Å². The Kier molecular flexibility index (Phi) is 7.06. The molecule has 2 aromatic heterocycles. The highest BCUT2D eigenvalue weighted by atomic mass is 32.1. The molecule has 0 atom stereocenters. The molecule has 0 aliphatic carbocycles.